The van der Waals surface area contributed by atoms with Gasteiger partial charge in [-0.3, -0.25) is 0 Å². The second kappa shape index (κ2) is 7.15. The molecule has 1 aliphatic rings. The molecule has 0 aromatic heterocycles. The van der Waals surface area contributed by atoms with Gasteiger partial charge in [-0.2, -0.15) is 0 Å². The highest BCUT2D eigenvalue weighted by Crippen LogP contribution is 2.43. The van der Waals surface area contributed by atoms with Crippen LogP contribution in [0.1, 0.15) is 45.6 Å². The summed E-state index contributed by atoms with van der Waals surface area (Å²) in [6, 6.07) is 8.41. The summed E-state index contributed by atoms with van der Waals surface area (Å²) in [6.45, 7) is 8.33. The van der Waals surface area contributed by atoms with Crippen LogP contribution in [0.3, 0.4) is 0 Å². The Morgan fingerprint density at radius 2 is 1.95 bits per heavy atom. The molecule has 0 heterocycles. The van der Waals surface area contributed by atoms with Crippen LogP contribution in [0.2, 0.25) is 5.02 Å². The predicted octanol–water partition coefficient (Wildman–Crippen LogP) is 5.18. The van der Waals surface area contributed by atoms with Crippen molar-refractivity contribution in [2.24, 2.45) is 23.2 Å². The van der Waals surface area contributed by atoms with Crippen molar-refractivity contribution in [3.05, 3.63) is 34.9 Å². The fraction of sp³-hybridized carbons (Fsp3) is 0.684. The summed E-state index contributed by atoms with van der Waals surface area (Å²) in [6.07, 6.45) is 5.25. The predicted molar refractivity (Wildman–Crippen MR) is 92.9 cm³/mol. The molecular weight excluding hydrogens is 278 g/mol. The van der Waals surface area contributed by atoms with E-state index in [1.54, 1.807) is 0 Å². The molecule has 21 heavy (non-hydrogen) atoms. The van der Waals surface area contributed by atoms with Crippen molar-refractivity contribution < 1.29 is 0 Å². The molecule has 1 N–H and O–H groups in total. The number of benzene rings is 1. The van der Waals surface area contributed by atoms with Crippen LogP contribution < -0.4 is 5.32 Å². The van der Waals surface area contributed by atoms with E-state index in [1.807, 2.05) is 6.07 Å². The van der Waals surface area contributed by atoms with E-state index in [-0.39, 0.29) is 0 Å². The average molecular weight is 308 g/mol. The molecule has 0 aliphatic heterocycles. The first-order valence-corrected chi connectivity index (χ1v) is 8.67. The van der Waals surface area contributed by atoms with Gasteiger partial charge >= 0.3 is 0 Å². The van der Waals surface area contributed by atoms with Crippen molar-refractivity contribution in [2.45, 2.75) is 46.5 Å². The summed E-state index contributed by atoms with van der Waals surface area (Å²) in [5.41, 5.74) is 1.82. The third-order valence-corrected chi connectivity index (χ3v) is 5.45. The molecule has 0 radical (unpaired) electrons. The van der Waals surface area contributed by atoms with Gasteiger partial charge in [0.1, 0.15) is 0 Å². The summed E-state index contributed by atoms with van der Waals surface area (Å²) in [5.74, 6) is 2.41. The highest BCUT2D eigenvalue weighted by molar-refractivity contribution is 6.30. The van der Waals surface area contributed by atoms with Gasteiger partial charge in [0.25, 0.3) is 0 Å². The molecule has 0 bridgehead atoms. The lowest BCUT2D eigenvalue weighted by Gasteiger charge is -2.42. The molecule has 1 saturated carbocycles. The van der Waals surface area contributed by atoms with E-state index in [0.717, 1.165) is 29.3 Å². The highest BCUT2D eigenvalue weighted by Gasteiger charge is 2.35. The maximum atomic E-state index is 6.15. The number of nitrogens with one attached hydrogen (secondary N) is 1. The summed E-state index contributed by atoms with van der Waals surface area (Å²) in [4.78, 5) is 0. The van der Waals surface area contributed by atoms with Crippen molar-refractivity contribution in [3.63, 3.8) is 0 Å². The van der Waals surface area contributed by atoms with E-state index in [1.165, 1.54) is 31.2 Å². The molecule has 1 aliphatic carbocycles. The van der Waals surface area contributed by atoms with Crippen LogP contribution in [0, 0.1) is 23.2 Å². The third kappa shape index (κ3) is 4.72. The number of rotatable bonds is 4. The third-order valence-electron chi connectivity index (χ3n) is 5.22. The van der Waals surface area contributed by atoms with Crippen LogP contribution in [0.5, 0.6) is 0 Å². The fourth-order valence-electron chi connectivity index (χ4n) is 3.86. The van der Waals surface area contributed by atoms with E-state index in [0.29, 0.717) is 5.41 Å². The van der Waals surface area contributed by atoms with E-state index in [4.69, 9.17) is 11.6 Å². The van der Waals surface area contributed by atoms with Gasteiger partial charge < -0.3 is 5.32 Å². The maximum Gasteiger partial charge on any atom is 0.0408 e. The molecule has 2 heteroatoms. The largest absolute Gasteiger partial charge is 0.319 e. The molecule has 0 amide bonds. The summed E-state index contributed by atoms with van der Waals surface area (Å²) < 4.78 is 0. The number of hydrogen-bond acceptors (Lipinski definition) is 1. The molecule has 1 aromatic rings. The molecule has 118 valence electrons. The van der Waals surface area contributed by atoms with Crippen molar-refractivity contribution in [1.82, 2.24) is 5.32 Å². The van der Waals surface area contributed by atoms with Gasteiger partial charge in [0.2, 0.25) is 0 Å². The molecule has 3 atom stereocenters. The van der Waals surface area contributed by atoms with Crippen LogP contribution in [-0.2, 0) is 6.42 Å². The van der Waals surface area contributed by atoms with Crippen LogP contribution in [0.15, 0.2) is 24.3 Å². The first-order chi connectivity index (χ1) is 9.90. The Labute approximate surface area is 135 Å². The van der Waals surface area contributed by atoms with Crippen LogP contribution in [0.4, 0.5) is 0 Å². The molecule has 2 rings (SSSR count). The van der Waals surface area contributed by atoms with Crippen molar-refractivity contribution in [3.8, 4) is 0 Å². The van der Waals surface area contributed by atoms with Crippen LogP contribution in [0.25, 0.3) is 0 Å². The Bertz CT molecular complexity index is 449. The topological polar surface area (TPSA) is 12.0 Å². The molecule has 1 fully saturated rings. The standard InChI is InChI=1S/C19H30ClN/c1-19(2,3)17-9-8-15(13-21-4)16(12-17)10-14-6-5-7-18(20)11-14/h5-7,11,15-17,21H,8-10,12-13H2,1-4H3. The second-order valence-corrected chi connectivity index (χ2v) is 8.22. The zero-order chi connectivity index (χ0) is 15.5. The minimum atomic E-state index is 0.428. The minimum absolute atomic E-state index is 0.428. The Morgan fingerprint density at radius 3 is 2.57 bits per heavy atom. The van der Waals surface area contributed by atoms with Gasteiger partial charge in [0.05, 0.1) is 0 Å². The smallest absolute Gasteiger partial charge is 0.0408 e. The van der Waals surface area contributed by atoms with E-state index in [2.05, 4.69) is 51.3 Å². The van der Waals surface area contributed by atoms with Gasteiger partial charge in [-0.1, -0.05) is 44.5 Å². The van der Waals surface area contributed by atoms with Gasteiger partial charge in [0.15, 0.2) is 0 Å². The summed E-state index contributed by atoms with van der Waals surface area (Å²) in [5, 5.41) is 4.25. The molecular formula is C19H30ClN. The second-order valence-electron chi connectivity index (χ2n) is 7.79. The zero-order valence-electron chi connectivity index (χ0n) is 14.0. The lowest BCUT2D eigenvalue weighted by molar-refractivity contribution is 0.0980. The molecule has 1 nitrogen and oxygen atoms in total. The van der Waals surface area contributed by atoms with Crippen molar-refractivity contribution >= 4 is 11.6 Å². The number of halogens is 1. The maximum absolute atomic E-state index is 6.15. The van der Waals surface area contributed by atoms with Crippen molar-refractivity contribution in [1.29, 1.82) is 0 Å². The lowest BCUT2D eigenvalue weighted by atomic mass is 9.64. The summed E-state index contributed by atoms with van der Waals surface area (Å²) in [7, 11) is 2.08. The van der Waals surface area contributed by atoms with Gasteiger partial charge in [-0.25, -0.2) is 0 Å². The summed E-state index contributed by atoms with van der Waals surface area (Å²) >= 11 is 6.15. The van der Waals surface area contributed by atoms with E-state index in [9.17, 15) is 0 Å². The quantitative estimate of drug-likeness (QED) is 0.808. The molecule has 0 spiro atoms. The molecule has 0 saturated heterocycles. The zero-order valence-corrected chi connectivity index (χ0v) is 14.7. The Hall–Kier alpha value is -0.530. The monoisotopic (exact) mass is 307 g/mol. The molecule has 1 aromatic carbocycles. The van der Waals surface area contributed by atoms with E-state index >= 15 is 0 Å². The van der Waals surface area contributed by atoms with E-state index < -0.39 is 0 Å². The fourth-order valence-corrected chi connectivity index (χ4v) is 4.07. The first kappa shape index (κ1) is 16.8. The van der Waals surface area contributed by atoms with Crippen molar-refractivity contribution in [2.75, 3.05) is 13.6 Å². The minimum Gasteiger partial charge on any atom is -0.319 e. The average Bonchev–Trinajstić information content (AvgIpc) is 2.40. The number of hydrogen-bond donors (Lipinski definition) is 1. The van der Waals surface area contributed by atoms with Crippen LogP contribution >= 0.6 is 11.6 Å². The first-order valence-electron chi connectivity index (χ1n) is 8.29. The van der Waals surface area contributed by atoms with Crippen LogP contribution in [-0.4, -0.2) is 13.6 Å². The SMILES string of the molecule is CNCC1CCC(C(C)(C)C)CC1Cc1cccc(Cl)c1. The Kier molecular flexibility index (Phi) is 5.73. The highest BCUT2D eigenvalue weighted by atomic mass is 35.5. The lowest BCUT2D eigenvalue weighted by Crippen LogP contribution is -2.36. The Balaban J connectivity index is 2.10. The molecule has 3 unspecified atom stereocenters. The van der Waals surface area contributed by atoms with Gasteiger partial charge in [-0.05, 0) is 80.1 Å². The van der Waals surface area contributed by atoms with Gasteiger partial charge in [-0.15, -0.1) is 0 Å². The Morgan fingerprint density at radius 1 is 1.19 bits per heavy atom. The normalized spacial score (nSPS) is 26.8. The van der Waals surface area contributed by atoms with Gasteiger partial charge in [0, 0.05) is 5.02 Å².